The molecule has 6 heteroatoms. The number of carboxylic acids is 1. The second-order valence-electron chi connectivity index (χ2n) is 5.11. The van der Waals surface area contributed by atoms with Gasteiger partial charge in [0, 0.05) is 19.3 Å². The Kier molecular flexibility index (Phi) is 4.93. The minimum absolute atomic E-state index is 0.264. The van der Waals surface area contributed by atoms with Gasteiger partial charge in [-0.15, -0.1) is 0 Å². The Morgan fingerprint density at radius 2 is 2.00 bits per heavy atom. The van der Waals surface area contributed by atoms with Gasteiger partial charge in [0.1, 0.15) is 5.54 Å². The molecule has 6 nitrogen and oxygen atoms in total. The molecule has 1 aromatic carbocycles. The van der Waals surface area contributed by atoms with Gasteiger partial charge in [0.15, 0.2) is 0 Å². The molecule has 0 aromatic heterocycles. The van der Waals surface area contributed by atoms with Crippen molar-refractivity contribution < 1.29 is 14.7 Å². The Morgan fingerprint density at radius 1 is 1.38 bits per heavy atom. The highest BCUT2D eigenvalue weighted by molar-refractivity contribution is 5.95. The van der Waals surface area contributed by atoms with Crippen molar-refractivity contribution in [2.45, 2.75) is 26.3 Å². The summed E-state index contributed by atoms with van der Waals surface area (Å²) in [5.74, 6) is -1.07. The van der Waals surface area contributed by atoms with Crippen molar-refractivity contribution in [1.82, 2.24) is 4.90 Å². The minimum Gasteiger partial charge on any atom is -0.480 e. The standard InChI is InChI=1S/C15H19N3O3/c1-5-18(15(2,3)13(19)20)14(21)17(4)12-8-6-7-11(9-12)10-16/h6-9H,5H2,1-4H3,(H,19,20). The van der Waals surface area contributed by atoms with E-state index in [1.165, 1.54) is 23.6 Å². The molecule has 21 heavy (non-hydrogen) atoms. The highest BCUT2D eigenvalue weighted by atomic mass is 16.4. The number of hydrogen-bond donors (Lipinski definition) is 1. The number of amides is 2. The summed E-state index contributed by atoms with van der Waals surface area (Å²) in [6.45, 7) is 4.95. The molecule has 0 radical (unpaired) electrons. The van der Waals surface area contributed by atoms with Gasteiger partial charge in [-0.2, -0.15) is 5.26 Å². The first-order chi connectivity index (χ1) is 9.75. The topological polar surface area (TPSA) is 84.6 Å². The Bertz CT molecular complexity index is 590. The highest BCUT2D eigenvalue weighted by Gasteiger charge is 2.38. The van der Waals surface area contributed by atoms with Gasteiger partial charge in [0.25, 0.3) is 0 Å². The first-order valence-electron chi connectivity index (χ1n) is 6.54. The molecule has 1 aromatic rings. The maximum absolute atomic E-state index is 12.5. The van der Waals surface area contributed by atoms with Crippen molar-refractivity contribution >= 4 is 17.7 Å². The molecule has 1 rings (SSSR count). The largest absolute Gasteiger partial charge is 0.480 e. The molecule has 2 amide bonds. The fraction of sp³-hybridized carbons (Fsp3) is 0.400. The summed E-state index contributed by atoms with van der Waals surface area (Å²) in [6.07, 6.45) is 0. The van der Waals surface area contributed by atoms with E-state index in [2.05, 4.69) is 0 Å². The summed E-state index contributed by atoms with van der Waals surface area (Å²) >= 11 is 0. The molecule has 1 N–H and O–H groups in total. The Hall–Kier alpha value is -2.55. The monoisotopic (exact) mass is 289 g/mol. The SMILES string of the molecule is CCN(C(=O)N(C)c1cccc(C#N)c1)C(C)(C)C(=O)O. The van der Waals surface area contributed by atoms with Crippen LogP contribution in [-0.4, -0.2) is 41.1 Å². The normalized spacial score (nSPS) is 10.6. The fourth-order valence-corrected chi connectivity index (χ4v) is 1.96. The van der Waals surface area contributed by atoms with Gasteiger partial charge in [-0.05, 0) is 39.0 Å². The van der Waals surface area contributed by atoms with Crippen LogP contribution in [0, 0.1) is 11.3 Å². The highest BCUT2D eigenvalue weighted by Crippen LogP contribution is 2.21. The van der Waals surface area contributed by atoms with Gasteiger partial charge >= 0.3 is 12.0 Å². The lowest BCUT2D eigenvalue weighted by atomic mass is 10.0. The zero-order valence-electron chi connectivity index (χ0n) is 12.6. The number of nitrogens with zero attached hydrogens (tertiary/aromatic N) is 3. The van der Waals surface area contributed by atoms with Crippen molar-refractivity contribution in [3.63, 3.8) is 0 Å². The van der Waals surface area contributed by atoms with E-state index in [-0.39, 0.29) is 6.54 Å². The van der Waals surface area contributed by atoms with E-state index < -0.39 is 17.5 Å². The van der Waals surface area contributed by atoms with E-state index in [1.54, 1.807) is 38.2 Å². The summed E-state index contributed by atoms with van der Waals surface area (Å²) in [7, 11) is 1.55. The molecule has 0 aliphatic rings. The number of hydrogen-bond acceptors (Lipinski definition) is 3. The van der Waals surface area contributed by atoms with Gasteiger partial charge < -0.3 is 10.0 Å². The van der Waals surface area contributed by atoms with Gasteiger partial charge in [-0.1, -0.05) is 6.07 Å². The first-order valence-corrected chi connectivity index (χ1v) is 6.54. The van der Waals surface area contributed by atoms with Crippen LogP contribution in [0.3, 0.4) is 0 Å². The van der Waals surface area contributed by atoms with E-state index in [9.17, 15) is 14.7 Å². The summed E-state index contributed by atoms with van der Waals surface area (Å²) in [5.41, 5.74) is -0.334. The van der Waals surface area contributed by atoms with E-state index in [4.69, 9.17) is 5.26 Å². The molecular weight excluding hydrogens is 270 g/mol. The van der Waals surface area contributed by atoms with Crippen LogP contribution >= 0.6 is 0 Å². The van der Waals surface area contributed by atoms with Crippen LogP contribution in [0.2, 0.25) is 0 Å². The van der Waals surface area contributed by atoms with Crippen LogP contribution in [0.4, 0.5) is 10.5 Å². The number of carbonyl (C=O) groups excluding carboxylic acids is 1. The third-order valence-corrected chi connectivity index (χ3v) is 3.39. The summed E-state index contributed by atoms with van der Waals surface area (Å²) in [5, 5.41) is 18.2. The zero-order chi connectivity index (χ0) is 16.2. The minimum atomic E-state index is -1.31. The number of anilines is 1. The summed E-state index contributed by atoms with van der Waals surface area (Å²) in [6, 6.07) is 8.17. The summed E-state index contributed by atoms with van der Waals surface area (Å²) in [4.78, 5) is 26.5. The molecule has 0 heterocycles. The van der Waals surface area contributed by atoms with Gasteiger partial charge in [-0.3, -0.25) is 4.90 Å². The van der Waals surface area contributed by atoms with E-state index in [1.807, 2.05) is 6.07 Å². The van der Waals surface area contributed by atoms with Crippen LogP contribution in [0.5, 0.6) is 0 Å². The molecule has 0 saturated heterocycles. The predicted molar refractivity (Wildman–Crippen MR) is 79.1 cm³/mol. The first kappa shape index (κ1) is 16.5. The number of nitriles is 1. The predicted octanol–water partition coefficient (Wildman–Crippen LogP) is 2.30. The van der Waals surface area contributed by atoms with Crippen molar-refractivity contribution in [2.75, 3.05) is 18.5 Å². The van der Waals surface area contributed by atoms with Crippen LogP contribution in [-0.2, 0) is 4.79 Å². The molecule has 0 saturated carbocycles. The van der Waals surface area contributed by atoms with E-state index >= 15 is 0 Å². The van der Waals surface area contributed by atoms with Crippen molar-refractivity contribution in [3.05, 3.63) is 29.8 Å². The maximum atomic E-state index is 12.5. The quantitative estimate of drug-likeness (QED) is 0.921. The molecule has 112 valence electrons. The third kappa shape index (κ3) is 3.31. The lowest BCUT2D eigenvalue weighted by Crippen LogP contribution is -2.56. The number of urea groups is 1. The lowest BCUT2D eigenvalue weighted by Gasteiger charge is -2.36. The summed E-state index contributed by atoms with van der Waals surface area (Å²) < 4.78 is 0. The number of benzene rings is 1. The number of likely N-dealkylation sites (N-methyl/N-ethyl adjacent to an activating group) is 1. The second-order valence-corrected chi connectivity index (χ2v) is 5.11. The fourth-order valence-electron chi connectivity index (χ4n) is 1.96. The number of carboxylic acid groups (broad SMARTS) is 1. The molecule has 0 unspecified atom stereocenters. The van der Waals surface area contributed by atoms with Crippen LogP contribution in [0.1, 0.15) is 26.3 Å². The molecule has 0 aliphatic carbocycles. The number of aliphatic carboxylic acids is 1. The van der Waals surface area contributed by atoms with Gasteiger partial charge in [-0.25, -0.2) is 9.59 Å². The Morgan fingerprint density at radius 3 is 2.48 bits per heavy atom. The zero-order valence-corrected chi connectivity index (χ0v) is 12.6. The Labute approximate surface area is 124 Å². The molecule has 0 atom stereocenters. The van der Waals surface area contributed by atoms with Crippen molar-refractivity contribution in [3.8, 4) is 6.07 Å². The molecule has 0 aliphatic heterocycles. The van der Waals surface area contributed by atoms with Gasteiger partial charge in [0.05, 0.1) is 11.6 Å². The van der Waals surface area contributed by atoms with Crippen LogP contribution < -0.4 is 4.90 Å². The average Bonchev–Trinajstić information content (AvgIpc) is 2.46. The van der Waals surface area contributed by atoms with Crippen LogP contribution in [0.15, 0.2) is 24.3 Å². The number of carbonyl (C=O) groups is 2. The van der Waals surface area contributed by atoms with E-state index in [0.717, 1.165) is 0 Å². The third-order valence-electron chi connectivity index (χ3n) is 3.39. The molecular formula is C15H19N3O3. The van der Waals surface area contributed by atoms with E-state index in [0.29, 0.717) is 11.3 Å². The molecule has 0 spiro atoms. The van der Waals surface area contributed by atoms with Crippen molar-refractivity contribution in [2.24, 2.45) is 0 Å². The second kappa shape index (κ2) is 6.27. The lowest BCUT2D eigenvalue weighted by molar-refractivity contribution is -0.147. The van der Waals surface area contributed by atoms with Crippen molar-refractivity contribution in [1.29, 1.82) is 5.26 Å². The molecule has 0 bridgehead atoms. The average molecular weight is 289 g/mol. The molecule has 0 fully saturated rings. The van der Waals surface area contributed by atoms with Crippen LogP contribution in [0.25, 0.3) is 0 Å². The number of rotatable bonds is 4. The Balaban J connectivity index is 3.10. The van der Waals surface area contributed by atoms with Gasteiger partial charge in [0.2, 0.25) is 0 Å². The smallest absolute Gasteiger partial charge is 0.329 e. The maximum Gasteiger partial charge on any atom is 0.329 e.